The second kappa shape index (κ2) is 7.50. The molecule has 1 fully saturated rings. The number of rotatable bonds is 6. The van der Waals surface area contributed by atoms with Crippen LogP contribution >= 0.6 is 23.4 Å². The van der Waals surface area contributed by atoms with Crippen molar-refractivity contribution >= 4 is 23.4 Å². The van der Waals surface area contributed by atoms with Gasteiger partial charge in [-0.05, 0) is 18.6 Å². The van der Waals surface area contributed by atoms with Crippen molar-refractivity contribution in [2.75, 3.05) is 19.5 Å². The van der Waals surface area contributed by atoms with Gasteiger partial charge in [0.05, 0.1) is 36.1 Å². The zero-order valence-electron chi connectivity index (χ0n) is 11.1. The van der Waals surface area contributed by atoms with Gasteiger partial charge in [0, 0.05) is 12.4 Å². The topological polar surface area (TPSA) is 65.1 Å². The molecule has 0 spiro atoms. The van der Waals surface area contributed by atoms with Gasteiger partial charge in [-0.25, -0.2) is 0 Å². The summed E-state index contributed by atoms with van der Waals surface area (Å²) in [5, 5.41) is 5.44. The summed E-state index contributed by atoms with van der Waals surface area (Å²) in [6.07, 6.45) is 5.38. The Morgan fingerprint density at radius 3 is 3.16 bits per heavy atom. The second-order valence-electron chi connectivity index (χ2n) is 4.64. The van der Waals surface area contributed by atoms with Crippen LogP contribution in [-0.4, -0.2) is 34.5 Å². The Balaban J connectivity index is 2.18. The molecule has 0 aliphatic carbocycles. The van der Waals surface area contributed by atoms with E-state index in [1.165, 1.54) is 18.6 Å². The van der Waals surface area contributed by atoms with Gasteiger partial charge >= 0.3 is 0 Å². The first-order valence-corrected chi connectivity index (χ1v) is 7.98. The SMILES string of the molecule is COCCn1ncc(Cl)c1C(NN)C1CCCCS1. The lowest BCUT2D eigenvalue weighted by molar-refractivity contribution is 0.181. The van der Waals surface area contributed by atoms with E-state index in [4.69, 9.17) is 22.2 Å². The van der Waals surface area contributed by atoms with Crippen LogP contribution < -0.4 is 11.3 Å². The molecule has 1 aliphatic rings. The van der Waals surface area contributed by atoms with Gasteiger partial charge < -0.3 is 4.74 Å². The summed E-state index contributed by atoms with van der Waals surface area (Å²) in [4.78, 5) is 0. The van der Waals surface area contributed by atoms with Crippen molar-refractivity contribution in [1.29, 1.82) is 0 Å². The molecule has 2 atom stereocenters. The van der Waals surface area contributed by atoms with Crippen LogP contribution in [0.1, 0.15) is 31.0 Å². The zero-order valence-corrected chi connectivity index (χ0v) is 12.7. The number of nitrogens with zero attached hydrogens (tertiary/aromatic N) is 2. The summed E-state index contributed by atoms with van der Waals surface area (Å²) < 4.78 is 7.00. The Bertz CT molecular complexity index is 395. The number of hydrogen-bond donors (Lipinski definition) is 2. The minimum atomic E-state index is 0.0390. The Morgan fingerprint density at radius 1 is 1.68 bits per heavy atom. The van der Waals surface area contributed by atoms with Crippen LogP contribution in [0.25, 0.3) is 0 Å². The fourth-order valence-electron chi connectivity index (χ4n) is 2.43. The fraction of sp³-hybridized carbons (Fsp3) is 0.750. The summed E-state index contributed by atoms with van der Waals surface area (Å²) >= 11 is 8.25. The molecule has 0 amide bonds. The van der Waals surface area contributed by atoms with Gasteiger partial charge in [0.15, 0.2) is 0 Å². The number of nitrogens with two attached hydrogens (primary N) is 1. The Hall–Kier alpha value is -0.270. The lowest BCUT2D eigenvalue weighted by atomic mass is 10.0. The van der Waals surface area contributed by atoms with Gasteiger partial charge in [-0.3, -0.25) is 16.0 Å². The maximum atomic E-state index is 6.29. The number of methoxy groups -OCH3 is 1. The normalized spacial score (nSPS) is 21.5. The first-order chi connectivity index (χ1) is 9.27. The number of halogens is 1. The number of hydrazine groups is 1. The van der Waals surface area contributed by atoms with Gasteiger partial charge in [-0.1, -0.05) is 18.0 Å². The molecule has 2 heterocycles. The molecular formula is C12H21ClN4OS. The molecule has 1 aromatic rings. The van der Waals surface area contributed by atoms with E-state index >= 15 is 0 Å². The van der Waals surface area contributed by atoms with Crippen LogP contribution in [0.5, 0.6) is 0 Å². The molecule has 19 heavy (non-hydrogen) atoms. The monoisotopic (exact) mass is 304 g/mol. The second-order valence-corrected chi connectivity index (χ2v) is 6.40. The molecule has 1 aliphatic heterocycles. The van der Waals surface area contributed by atoms with Crippen LogP contribution in [0, 0.1) is 0 Å². The molecule has 1 saturated heterocycles. The van der Waals surface area contributed by atoms with Crippen LogP contribution in [0.2, 0.25) is 5.02 Å². The van der Waals surface area contributed by atoms with E-state index in [1.807, 2.05) is 16.4 Å². The average Bonchev–Trinajstić information content (AvgIpc) is 2.80. The Labute approximate surface area is 123 Å². The minimum absolute atomic E-state index is 0.0390. The van der Waals surface area contributed by atoms with Crippen molar-refractivity contribution in [2.45, 2.75) is 37.1 Å². The minimum Gasteiger partial charge on any atom is -0.383 e. The molecule has 108 valence electrons. The van der Waals surface area contributed by atoms with Crippen molar-refractivity contribution in [3.63, 3.8) is 0 Å². The quantitative estimate of drug-likeness (QED) is 0.621. The molecule has 3 N–H and O–H groups in total. The lowest BCUT2D eigenvalue weighted by Gasteiger charge is -2.30. The Morgan fingerprint density at radius 2 is 2.53 bits per heavy atom. The Kier molecular flexibility index (Phi) is 5.97. The van der Waals surface area contributed by atoms with E-state index in [0.717, 1.165) is 12.1 Å². The van der Waals surface area contributed by atoms with Crippen LogP contribution in [0.15, 0.2) is 6.20 Å². The van der Waals surface area contributed by atoms with E-state index in [1.54, 1.807) is 13.3 Å². The first-order valence-electron chi connectivity index (χ1n) is 6.55. The van der Waals surface area contributed by atoms with Crippen LogP contribution in [0.4, 0.5) is 0 Å². The van der Waals surface area contributed by atoms with E-state index in [0.29, 0.717) is 23.4 Å². The highest BCUT2D eigenvalue weighted by Crippen LogP contribution is 2.36. The van der Waals surface area contributed by atoms with Gasteiger partial charge in [-0.2, -0.15) is 16.9 Å². The molecule has 0 aromatic carbocycles. The van der Waals surface area contributed by atoms with Crippen molar-refractivity contribution < 1.29 is 4.74 Å². The predicted octanol–water partition coefficient (Wildman–Crippen LogP) is 1.97. The first kappa shape index (κ1) is 15.1. The summed E-state index contributed by atoms with van der Waals surface area (Å²) in [5.74, 6) is 6.95. The highest BCUT2D eigenvalue weighted by Gasteiger charge is 2.29. The number of hydrogen-bond acceptors (Lipinski definition) is 5. The maximum absolute atomic E-state index is 6.29. The fourth-order valence-corrected chi connectivity index (χ4v) is 4.09. The van der Waals surface area contributed by atoms with Crippen molar-refractivity contribution in [3.05, 3.63) is 16.9 Å². The van der Waals surface area contributed by atoms with E-state index in [9.17, 15) is 0 Å². The zero-order chi connectivity index (χ0) is 13.7. The summed E-state index contributed by atoms with van der Waals surface area (Å²) in [6.45, 7) is 1.30. The predicted molar refractivity (Wildman–Crippen MR) is 79.3 cm³/mol. The molecule has 0 radical (unpaired) electrons. The number of aromatic nitrogens is 2. The molecular weight excluding hydrogens is 284 g/mol. The third-order valence-corrected chi connectivity index (χ3v) is 5.15. The van der Waals surface area contributed by atoms with Gasteiger partial charge in [0.2, 0.25) is 0 Å². The molecule has 2 unspecified atom stereocenters. The maximum Gasteiger partial charge on any atom is 0.0835 e. The lowest BCUT2D eigenvalue weighted by Crippen LogP contribution is -2.38. The molecule has 5 nitrogen and oxygen atoms in total. The van der Waals surface area contributed by atoms with E-state index < -0.39 is 0 Å². The third kappa shape index (κ3) is 3.64. The number of thioether (sulfide) groups is 1. The van der Waals surface area contributed by atoms with Gasteiger partial charge in [-0.15, -0.1) is 0 Å². The summed E-state index contributed by atoms with van der Waals surface area (Å²) in [6, 6.07) is 0.0390. The van der Waals surface area contributed by atoms with E-state index in [-0.39, 0.29) is 6.04 Å². The van der Waals surface area contributed by atoms with Crippen LogP contribution in [0.3, 0.4) is 0 Å². The third-order valence-electron chi connectivity index (χ3n) is 3.40. The van der Waals surface area contributed by atoms with Crippen molar-refractivity contribution in [1.82, 2.24) is 15.2 Å². The number of nitrogens with one attached hydrogen (secondary N) is 1. The van der Waals surface area contributed by atoms with Crippen LogP contribution in [-0.2, 0) is 11.3 Å². The van der Waals surface area contributed by atoms with Crippen molar-refractivity contribution in [2.24, 2.45) is 5.84 Å². The molecule has 2 rings (SSSR count). The highest BCUT2D eigenvalue weighted by molar-refractivity contribution is 8.00. The van der Waals surface area contributed by atoms with Crippen molar-refractivity contribution in [3.8, 4) is 0 Å². The highest BCUT2D eigenvalue weighted by atomic mass is 35.5. The molecule has 0 saturated carbocycles. The molecule has 7 heteroatoms. The van der Waals surface area contributed by atoms with Gasteiger partial charge in [0.25, 0.3) is 0 Å². The molecule has 1 aromatic heterocycles. The summed E-state index contributed by atoms with van der Waals surface area (Å²) in [7, 11) is 1.68. The number of ether oxygens (including phenoxy) is 1. The smallest absolute Gasteiger partial charge is 0.0835 e. The largest absolute Gasteiger partial charge is 0.383 e. The molecule has 0 bridgehead atoms. The van der Waals surface area contributed by atoms with Gasteiger partial charge in [0.1, 0.15) is 0 Å². The summed E-state index contributed by atoms with van der Waals surface area (Å²) in [5.41, 5.74) is 3.90. The standard InChI is InChI=1S/C12H21ClN4OS/c1-18-6-5-17-12(9(13)8-15-17)11(16-14)10-4-2-3-7-19-10/h8,10-11,16H,2-7,14H2,1H3. The average molecular weight is 305 g/mol. The van der Waals surface area contributed by atoms with E-state index in [2.05, 4.69) is 10.5 Å².